The fourth-order valence-corrected chi connectivity index (χ4v) is 7.51. The lowest BCUT2D eigenvalue weighted by atomic mass is 9.79. The number of halogens is 5. The van der Waals surface area contributed by atoms with E-state index in [1.807, 2.05) is 6.92 Å². The number of aromatic nitrogens is 7. The highest BCUT2D eigenvalue weighted by molar-refractivity contribution is 7.11. The van der Waals surface area contributed by atoms with Crippen molar-refractivity contribution in [2.24, 2.45) is 5.92 Å². The van der Waals surface area contributed by atoms with Crippen LogP contribution in [0.15, 0.2) is 23.1 Å². The van der Waals surface area contributed by atoms with Gasteiger partial charge in [0.25, 0.3) is 5.91 Å². The molecule has 7 rings (SSSR count). The topological polar surface area (TPSA) is 153 Å². The number of nitrogens with one attached hydrogen (secondary N) is 2. The number of imidazole rings is 1. The van der Waals surface area contributed by atoms with Gasteiger partial charge in [0.2, 0.25) is 11.8 Å². The fourth-order valence-electron chi connectivity index (χ4n) is 6.53. The van der Waals surface area contributed by atoms with Crippen LogP contribution in [-0.2, 0) is 23.1 Å². The molecule has 1 aliphatic heterocycles. The van der Waals surface area contributed by atoms with Crippen molar-refractivity contribution < 1.29 is 36.2 Å². The second-order valence-corrected chi connectivity index (χ2v) is 13.7. The molecule has 2 saturated carbocycles. The predicted octanol–water partition coefficient (Wildman–Crippen LogP) is 4.63. The van der Waals surface area contributed by atoms with Gasteiger partial charge in [-0.25, -0.2) is 22.9 Å². The van der Waals surface area contributed by atoms with Crippen LogP contribution in [0.1, 0.15) is 101 Å². The average molecular weight is 680 g/mol. The Kier molecular flexibility index (Phi) is 7.75. The smallest absolute Gasteiger partial charge is 0.344 e. The second kappa shape index (κ2) is 11.6. The lowest BCUT2D eigenvalue weighted by Gasteiger charge is -2.33. The molecule has 12 nitrogen and oxygen atoms in total. The van der Waals surface area contributed by atoms with Gasteiger partial charge in [0, 0.05) is 18.8 Å². The van der Waals surface area contributed by atoms with Crippen molar-refractivity contribution in [3.05, 3.63) is 51.1 Å². The number of carbonyl (C=O) groups excluding carboxylic acids is 2. The van der Waals surface area contributed by atoms with Crippen LogP contribution in [0.3, 0.4) is 0 Å². The molecule has 2 N–H and O–H groups in total. The Morgan fingerprint density at radius 1 is 1.19 bits per heavy atom. The van der Waals surface area contributed by atoms with E-state index in [2.05, 4.69) is 41.2 Å². The summed E-state index contributed by atoms with van der Waals surface area (Å²) in [5.41, 5.74) is -0.0339. The van der Waals surface area contributed by atoms with Gasteiger partial charge in [-0.05, 0) is 67.7 Å². The molecule has 2 aliphatic carbocycles. The van der Waals surface area contributed by atoms with Crippen molar-refractivity contribution in [1.82, 2.24) is 45.7 Å². The van der Waals surface area contributed by atoms with E-state index in [9.17, 15) is 31.5 Å². The summed E-state index contributed by atoms with van der Waals surface area (Å²) >= 11 is 1.10. The Hall–Kier alpha value is -4.09. The van der Waals surface area contributed by atoms with Gasteiger partial charge in [0.15, 0.2) is 11.3 Å². The summed E-state index contributed by atoms with van der Waals surface area (Å²) in [7, 11) is 0. The minimum atomic E-state index is -4.65. The number of carbonyl (C=O) groups is 2. The summed E-state index contributed by atoms with van der Waals surface area (Å²) in [6.07, 6.45) is -0.525. The molecular formula is C29H30F5N9O3S. The molecule has 0 spiro atoms. The van der Waals surface area contributed by atoms with E-state index in [-0.39, 0.29) is 54.6 Å². The number of amides is 2. The Morgan fingerprint density at radius 2 is 1.96 bits per heavy atom. The lowest BCUT2D eigenvalue weighted by Crippen LogP contribution is -2.40. The summed E-state index contributed by atoms with van der Waals surface area (Å²) in [6, 6.07) is -1.22. The molecule has 3 atom stereocenters. The molecule has 250 valence electrons. The van der Waals surface area contributed by atoms with Crippen molar-refractivity contribution in [3.8, 4) is 0 Å². The highest BCUT2D eigenvalue weighted by Gasteiger charge is 2.58. The molecule has 5 heterocycles. The summed E-state index contributed by atoms with van der Waals surface area (Å²) in [4.78, 5) is 31.4. The second-order valence-electron chi connectivity index (χ2n) is 12.6. The molecule has 47 heavy (non-hydrogen) atoms. The molecule has 0 radical (unpaired) electrons. The molecule has 4 aromatic rings. The zero-order valence-corrected chi connectivity index (χ0v) is 25.9. The maximum absolute atomic E-state index is 14.1. The zero-order valence-electron chi connectivity index (χ0n) is 25.1. The lowest BCUT2D eigenvalue weighted by molar-refractivity contribution is -0.155. The maximum Gasteiger partial charge on any atom is 0.408 e. The van der Waals surface area contributed by atoms with Crippen molar-refractivity contribution in [1.29, 1.82) is 0 Å². The SMILES string of the molecule is CCc1nnc([C@]2(Cc3cnn4cc([C@@H](NC(=O)c5nonc5C5CC5)C5CCC(F)(F)CC5)nc4c3)C[C@@H](C(F)(F)F)NC2=O)s1. The molecule has 3 aliphatic rings. The first-order chi connectivity index (χ1) is 22.3. The Balaban J connectivity index is 1.20. The number of alkyl halides is 5. The van der Waals surface area contributed by atoms with E-state index in [0.29, 0.717) is 34.0 Å². The minimum absolute atomic E-state index is 0.0445. The van der Waals surface area contributed by atoms with Gasteiger partial charge in [-0.15, -0.1) is 21.5 Å². The number of fused-ring (bicyclic) bond motifs is 1. The molecule has 0 aromatic carbocycles. The average Bonchev–Trinajstić information content (AvgIpc) is 3.39. The van der Waals surface area contributed by atoms with Crippen LogP contribution in [0, 0.1) is 5.92 Å². The van der Waals surface area contributed by atoms with Crippen LogP contribution in [0.25, 0.3) is 5.65 Å². The normalized spacial score (nSPS) is 24.0. The maximum atomic E-state index is 14.1. The predicted molar refractivity (Wildman–Crippen MR) is 154 cm³/mol. The van der Waals surface area contributed by atoms with E-state index in [1.165, 1.54) is 10.7 Å². The molecule has 2 amide bonds. The van der Waals surface area contributed by atoms with E-state index in [0.717, 1.165) is 24.2 Å². The van der Waals surface area contributed by atoms with Crippen molar-refractivity contribution >= 4 is 28.8 Å². The van der Waals surface area contributed by atoms with E-state index < -0.39 is 47.8 Å². The summed E-state index contributed by atoms with van der Waals surface area (Å²) in [6.45, 7) is 1.83. The molecule has 0 bridgehead atoms. The van der Waals surface area contributed by atoms with Gasteiger partial charge in [-0.3, -0.25) is 9.59 Å². The van der Waals surface area contributed by atoms with Gasteiger partial charge < -0.3 is 10.6 Å². The third-order valence-electron chi connectivity index (χ3n) is 9.30. The summed E-state index contributed by atoms with van der Waals surface area (Å²) < 4.78 is 75.8. The van der Waals surface area contributed by atoms with E-state index in [1.54, 1.807) is 12.3 Å². The van der Waals surface area contributed by atoms with Crippen LogP contribution < -0.4 is 10.6 Å². The number of nitrogens with zero attached hydrogens (tertiary/aromatic N) is 7. The summed E-state index contributed by atoms with van der Waals surface area (Å²) in [5.74, 6) is -4.45. The highest BCUT2D eigenvalue weighted by Crippen LogP contribution is 2.45. The molecule has 3 fully saturated rings. The van der Waals surface area contributed by atoms with Crippen LogP contribution in [0.5, 0.6) is 0 Å². The Morgan fingerprint density at radius 3 is 2.62 bits per heavy atom. The van der Waals surface area contributed by atoms with E-state index in [4.69, 9.17) is 4.63 Å². The number of aryl methyl sites for hydroxylation is 1. The van der Waals surface area contributed by atoms with Crippen LogP contribution in [0.4, 0.5) is 22.0 Å². The van der Waals surface area contributed by atoms with Gasteiger partial charge in [0.05, 0.1) is 24.1 Å². The highest BCUT2D eigenvalue weighted by atomic mass is 32.1. The van der Waals surface area contributed by atoms with E-state index >= 15 is 0 Å². The van der Waals surface area contributed by atoms with Gasteiger partial charge in [-0.1, -0.05) is 12.1 Å². The van der Waals surface area contributed by atoms with Crippen molar-refractivity contribution in [2.75, 3.05) is 0 Å². The number of rotatable bonds is 9. The molecule has 18 heteroatoms. The van der Waals surface area contributed by atoms with Crippen molar-refractivity contribution in [2.45, 2.75) is 100 Å². The van der Waals surface area contributed by atoms with Crippen LogP contribution in [-0.4, -0.2) is 65.1 Å². The van der Waals surface area contributed by atoms with Gasteiger partial charge in [0.1, 0.15) is 27.2 Å². The quantitative estimate of drug-likeness (QED) is 0.241. The van der Waals surface area contributed by atoms with Crippen molar-refractivity contribution in [3.63, 3.8) is 0 Å². The molecule has 0 unspecified atom stereocenters. The minimum Gasteiger partial charge on any atom is -0.344 e. The zero-order chi connectivity index (χ0) is 33.1. The number of hydrogen-bond donors (Lipinski definition) is 2. The van der Waals surface area contributed by atoms with Crippen LogP contribution >= 0.6 is 11.3 Å². The fraction of sp³-hybridized carbons (Fsp3) is 0.586. The third kappa shape index (κ3) is 6.07. The van der Waals surface area contributed by atoms with Gasteiger partial charge in [-0.2, -0.15) is 18.3 Å². The first kappa shape index (κ1) is 31.5. The molecule has 1 saturated heterocycles. The summed E-state index contributed by atoms with van der Waals surface area (Å²) in [5, 5.41) is 26.0. The monoisotopic (exact) mass is 679 g/mol. The largest absolute Gasteiger partial charge is 0.408 e. The molecular weight excluding hydrogens is 649 g/mol. The molecule has 4 aromatic heterocycles. The third-order valence-corrected chi connectivity index (χ3v) is 10.6. The Labute approximate surface area is 267 Å². The standard InChI is InChI=1S/C29H30F5N9O3S/c1-2-20-39-40-26(47-20)27(11-18(29(32,33)34)37-25(27)45)10-14-9-19-36-17(13-43(19)35-12-14)21(16-5-7-28(30,31)8-6-16)38-24(44)23-22(15-3-4-15)41-46-42-23/h9,12-13,15-16,18,21H,2-8,10-11H2,1H3,(H,37,45)(H,38,44)/t18-,21-,27+/m0/s1. The van der Waals surface area contributed by atoms with Crippen LogP contribution in [0.2, 0.25) is 0 Å². The first-order valence-corrected chi connectivity index (χ1v) is 16.2. The number of hydrogen-bond acceptors (Lipinski definition) is 10. The first-order valence-electron chi connectivity index (χ1n) is 15.4. The van der Waals surface area contributed by atoms with Gasteiger partial charge >= 0.3 is 6.18 Å². The Bertz CT molecular complexity index is 1810.